The molecule has 2 atom stereocenters. The Labute approximate surface area is 105 Å². The number of carbonyl (C=O) groups is 2. The lowest BCUT2D eigenvalue weighted by Gasteiger charge is -2.16. The predicted octanol–water partition coefficient (Wildman–Crippen LogP) is 1.45. The molecule has 1 aliphatic rings. The zero-order chi connectivity index (χ0) is 13.1. The van der Waals surface area contributed by atoms with Gasteiger partial charge >= 0.3 is 12.0 Å². The molecule has 0 radical (unpaired) electrons. The summed E-state index contributed by atoms with van der Waals surface area (Å²) in [6.07, 6.45) is 1.80. The Morgan fingerprint density at radius 3 is 2.83 bits per heavy atom. The lowest BCUT2D eigenvalue weighted by Crippen LogP contribution is -2.45. The van der Waals surface area contributed by atoms with Crippen molar-refractivity contribution >= 4 is 12.0 Å². The third-order valence-electron chi connectivity index (χ3n) is 3.16. The second kappa shape index (κ2) is 5.08. The molecule has 0 aliphatic heterocycles. The van der Waals surface area contributed by atoms with Crippen LogP contribution < -0.4 is 10.6 Å². The maximum absolute atomic E-state index is 11.6. The fraction of sp³-hybridized carbons (Fsp3) is 0.385. The molecule has 0 heterocycles. The Balaban J connectivity index is 1.96. The van der Waals surface area contributed by atoms with Gasteiger partial charge in [0.25, 0.3) is 0 Å². The number of carboxylic acid groups (broad SMARTS) is 1. The molecular weight excluding hydrogens is 232 g/mol. The number of aliphatic carboxylic acids is 1. The van der Waals surface area contributed by atoms with Crippen molar-refractivity contribution in [2.75, 3.05) is 0 Å². The minimum Gasteiger partial charge on any atom is -0.480 e. The minimum absolute atomic E-state index is 0.0257. The molecule has 0 bridgehead atoms. The highest BCUT2D eigenvalue weighted by atomic mass is 16.4. The lowest BCUT2D eigenvalue weighted by atomic mass is 10.1. The number of nitrogens with one attached hydrogen (secondary N) is 2. The quantitative estimate of drug-likeness (QED) is 0.757. The van der Waals surface area contributed by atoms with Crippen LogP contribution >= 0.6 is 0 Å². The average molecular weight is 248 g/mol. The van der Waals surface area contributed by atoms with Crippen LogP contribution in [0.2, 0.25) is 0 Å². The summed E-state index contributed by atoms with van der Waals surface area (Å²) < 4.78 is 0. The van der Waals surface area contributed by atoms with E-state index < -0.39 is 18.0 Å². The third-order valence-corrected chi connectivity index (χ3v) is 3.16. The number of benzene rings is 1. The van der Waals surface area contributed by atoms with Gasteiger partial charge in [-0.25, -0.2) is 4.79 Å². The number of hydrogen-bond donors (Lipinski definition) is 3. The molecule has 1 aromatic rings. The van der Waals surface area contributed by atoms with Gasteiger partial charge in [-0.1, -0.05) is 24.3 Å². The monoisotopic (exact) mass is 248 g/mol. The van der Waals surface area contributed by atoms with Crippen LogP contribution in [-0.4, -0.2) is 23.1 Å². The summed E-state index contributed by atoms with van der Waals surface area (Å²) >= 11 is 0. The zero-order valence-electron chi connectivity index (χ0n) is 10.1. The zero-order valence-corrected chi connectivity index (χ0v) is 10.1. The minimum atomic E-state index is -1.04. The fourth-order valence-corrected chi connectivity index (χ4v) is 2.17. The molecule has 1 unspecified atom stereocenters. The second-order valence-electron chi connectivity index (χ2n) is 4.47. The summed E-state index contributed by atoms with van der Waals surface area (Å²) in [7, 11) is 0. The van der Waals surface area contributed by atoms with Gasteiger partial charge in [0.05, 0.1) is 6.04 Å². The van der Waals surface area contributed by atoms with Gasteiger partial charge in [0, 0.05) is 0 Å². The number of hydrogen-bond acceptors (Lipinski definition) is 2. The van der Waals surface area contributed by atoms with Crippen LogP contribution in [0.1, 0.15) is 30.5 Å². The smallest absolute Gasteiger partial charge is 0.325 e. The van der Waals surface area contributed by atoms with Crippen LogP contribution in [0.4, 0.5) is 4.79 Å². The van der Waals surface area contributed by atoms with Gasteiger partial charge in [0.2, 0.25) is 0 Å². The molecule has 1 aromatic carbocycles. The van der Waals surface area contributed by atoms with Crippen molar-refractivity contribution in [1.82, 2.24) is 10.6 Å². The van der Waals surface area contributed by atoms with E-state index in [4.69, 9.17) is 5.11 Å². The Bertz CT molecular complexity index is 473. The van der Waals surface area contributed by atoms with E-state index in [9.17, 15) is 9.59 Å². The first-order valence-electron chi connectivity index (χ1n) is 5.95. The molecule has 0 fully saturated rings. The number of carbonyl (C=O) groups excluding carboxylic acids is 1. The average Bonchev–Trinajstić information content (AvgIpc) is 2.72. The van der Waals surface area contributed by atoms with Gasteiger partial charge in [-0.05, 0) is 30.9 Å². The Kier molecular flexibility index (Phi) is 3.50. The molecule has 18 heavy (non-hydrogen) atoms. The van der Waals surface area contributed by atoms with Gasteiger partial charge in [0.15, 0.2) is 0 Å². The van der Waals surface area contributed by atoms with Crippen LogP contribution in [0.3, 0.4) is 0 Å². The first kappa shape index (κ1) is 12.4. The van der Waals surface area contributed by atoms with E-state index in [1.807, 2.05) is 18.2 Å². The van der Waals surface area contributed by atoms with Crippen molar-refractivity contribution in [1.29, 1.82) is 0 Å². The summed E-state index contributed by atoms with van der Waals surface area (Å²) in [6, 6.07) is 6.61. The summed E-state index contributed by atoms with van der Waals surface area (Å²) in [6.45, 7) is 1.44. The molecule has 0 spiro atoms. The maximum Gasteiger partial charge on any atom is 0.325 e. The van der Waals surface area contributed by atoms with E-state index in [0.717, 1.165) is 18.4 Å². The van der Waals surface area contributed by atoms with E-state index in [1.54, 1.807) is 0 Å². The molecule has 1 aliphatic carbocycles. The van der Waals surface area contributed by atoms with Gasteiger partial charge in [-0.2, -0.15) is 0 Å². The number of urea groups is 1. The number of carboxylic acids is 1. The number of fused-ring (bicyclic) bond motifs is 1. The van der Waals surface area contributed by atoms with Gasteiger partial charge in [-0.15, -0.1) is 0 Å². The van der Waals surface area contributed by atoms with E-state index in [2.05, 4.69) is 16.7 Å². The third kappa shape index (κ3) is 2.61. The Morgan fingerprint density at radius 1 is 1.39 bits per heavy atom. The van der Waals surface area contributed by atoms with Crippen LogP contribution in [0.25, 0.3) is 0 Å². The van der Waals surface area contributed by atoms with Crippen LogP contribution in [0.5, 0.6) is 0 Å². The number of aryl methyl sites for hydroxylation is 1. The van der Waals surface area contributed by atoms with E-state index in [-0.39, 0.29) is 6.04 Å². The highest BCUT2D eigenvalue weighted by Gasteiger charge is 2.24. The first-order chi connectivity index (χ1) is 8.58. The number of rotatable bonds is 3. The molecule has 0 aromatic heterocycles. The standard InChI is InChI=1S/C13H16N2O3/c1-8(12(16)17)14-13(18)15-11-7-6-9-4-2-3-5-10(9)11/h2-5,8,11H,6-7H2,1H3,(H,16,17)(H2,14,15,18)/t8?,11-/m1/s1. The van der Waals surface area contributed by atoms with Crippen molar-refractivity contribution in [3.05, 3.63) is 35.4 Å². The van der Waals surface area contributed by atoms with Crippen LogP contribution in [-0.2, 0) is 11.2 Å². The maximum atomic E-state index is 11.6. The summed E-state index contributed by atoms with van der Waals surface area (Å²) in [5, 5.41) is 13.9. The fourth-order valence-electron chi connectivity index (χ4n) is 2.17. The SMILES string of the molecule is CC(NC(=O)N[C@@H]1CCc2ccccc21)C(=O)O. The van der Waals surface area contributed by atoms with Crippen LogP contribution in [0, 0.1) is 0 Å². The van der Waals surface area contributed by atoms with E-state index in [1.165, 1.54) is 12.5 Å². The summed E-state index contributed by atoms with van der Waals surface area (Å²) in [5.74, 6) is -1.04. The molecular formula is C13H16N2O3. The van der Waals surface area contributed by atoms with E-state index in [0.29, 0.717) is 0 Å². The van der Waals surface area contributed by atoms with Crippen molar-refractivity contribution in [2.24, 2.45) is 0 Å². The molecule has 0 saturated heterocycles. The molecule has 0 saturated carbocycles. The summed E-state index contributed by atoms with van der Waals surface area (Å²) in [5.41, 5.74) is 2.37. The largest absolute Gasteiger partial charge is 0.480 e. The Morgan fingerprint density at radius 2 is 2.11 bits per heavy atom. The van der Waals surface area contributed by atoms with Crippen LogP contribution in [0.15, 0.2) is 24.3 Å². The summed E-state index contributed by atoms with van der Waals surface area (Å²) in [4.78, 5) is 22.3. The topological polar surface area (TPSA) is 78.4 Å². The second-order valence-corrected chi connectivity index (χ2v) is 4.47. The van der Waals surface area contributed by atoms with Gasteiger partial charge < -0.3 is 15.7 Å². The predicted molar refractivity (Wildman–Crippen MR) is 66.3 cm³/mol. The molecule has 3 N–H and O–H groups in total. The van der Waals surface area contributed by atoms with Crippen molar-refractivity contribution in [2.45, 2.75) is 31.8 Å². The highest BCUT2D eigenvalue weighted by Crippen LogP contribution is 2.30. The van der Waals surface area contributed by atoms with E-state index >= 15 is 0 Å². The van der Waals surface area contributed by atoms with Gasteiger partial charge in [-0.3, -0.25) is 4.79 Å². The van der Waals surface area contributed by atoms with Crippen molar-refractivity contribution in [3.63, 3.8) is 0 Å². The molecule has 2 amide bonds. The highest BCUT2D eigenvalue weighted by molar-refractivity contribution is 5.82. The van der Waals surface area contributed by atoms with Crippen molar-refractivity contribution < 1.29 is 14.7 Å². The molecule has 2 rings (SSSR count). The molecule has 5 heteroatoms. The normalized spacial score (nSPS) is 18.8. The number of amides is 2. The van der Waals surface area contributed by atoms with Gasteiger partial charge in [0.1, 0.15) is 6.04 Å². The lowest BCUT2D eigenvalue weighted by molar-refractivity contribution is -0.138. The van der Waals surface area contributed by atoms with Crippen molar-refractivity contribution in [3.8, 4) is 0 Å². The Hall–Kier alpha value is -2.04. The molecule has 5 nitrogen and oxygen atoms in total. The first-order valence-corrected chi connectivity index (χ1v) is 5.95. The molecule has 96 valence electrons.